The van der Waals surface area contributed by atoms with Crippen LogP contribution in [-0.4, -0.2) is 63.0 Å². The molecule has 242 valence electrons. The molecule has 1 aromatic heterocycles. The molecule has 2 aliphatic heterocycles. The maximum absolute atomic E-state index is 15.4. The number of rotatable bonds is 11. The van der Waals surface area contributed by atoms with Gasteiger partial charge in [0.1, 0.15) is 17.8 Å². The summed E-state index contributed by atoms with van der Waals surface area (Å²) in [6.45, 7) is 7.11. The molecule has 1 fully saturated rings. The van der Waals surface area contributed by atoms with Crippen molar-refractivity contribution in [2.45, 2.75) is 49.7 Å². The highest BCUT2D eigenvalue weighted by atomic mass is 35.5. The summed E-state index contributed by atoms with van der Waals surface area (Å²) in [6, 6.07) is 16.2. The number of aromatic nitrogens is 1. The molecule has 46 heavy (non-hydrogen) atoms. The van der Waals surface area contributed by atoms with Crippen LogP contribution in [-0.2, 0) is 26.9 Å². The van der Waals surface area contributed by atoms with Gasteiger partial charge in [-0.05, 0) is 80.0 Å². The Bertz CT molecular complexity index is 1830. The van der Waals surface area contributed by atoms with Gasteiger partial charge >= 0.3 is 0 Å². The number of halogens is 1. The first-order chi connectivity index (χ1) is 22.2. The zero-order valence-corrected chi connectivity index (χ0v) is 27.8. The predicted molar refractivity (Wildman–Crippen MR) is 175 cm³/mol. The Morgan fingerprint density at radius 2 is 1.78 bits per heavy atom. The maximum atomic E-state index is 15.4. The van der Waals surface area contributed by atoms with Gasteiger partial charge in [0, 0.05) is 29.2 Å². The molecule has 0 spiro atoms. The van der Waals surface area contributed by atoms with Gasteiger partial charge < -0.3 is 13.9 Å². The van der Waals surface area contributed by atoms with Crippen LogP contribution in [0.1, 0.15) is 55.3 Å². The number of fused-ring (bicyclic) bond motifs is 1. The molecule has 2 unspecified atom stereocenters. The molecule has 4 aromatic rings. The Morgan fingerprint density at radius 3 is 2.43 bits per heavy atom. The third-order valence-electron chi connectivity index (χ3n) is 9.04. The van der Waals surface area contributed by atoms with Crippen molar-refractivity contribution in [1.82, 2.24) is 14.8 Å². The molecule has 1 amide bonds. The minimum atomic E-state index is -4.40. The topological polar surface area (TPSA) is 105 Å². The van der Waals surface area contributed by atoms with Crippen molar-refractivity contribution in [3.63, 3.8) is 0 Å². The molecule has 0 bridgehead atoms. The van der Waals surface area contributed by atoms with Gasteiger partial charge in [-0.1, -0.05) is 37.6 Å². The van der Waals surface area contributed by atoms with Crippen LogP contribution in [0.15, 0.2) is 82.4 Å². The molecule has 3 aromatic carbocycles. The molecular formula is C34H37ClN4O6S. The third kappa shape index (κ3) is 5.15. The number of likely N-dealkylation sites (tertiary alicyclic amines) is 1. The van der Waals surface area contributed by atoms with E-state index in [2.05, 4.69) is 23.7 Å². The van der Waals surface area contributed by atoms with Crippen LogP contribution in [0.3, 0.4) is 0 Å². The summed E-state index contributed by atoms with van der Waals surface area (Å²) in [5.74, 6) is 0.745. The zero-order chi connectivity index (χ0) is 32.6. The van der Waals surface area contributed by atoms with Crippen molar-refractivity contribution >= 4 is 33.2 Å². The smallest absolute Gasteiger partial charge is 0.271 e. The summed E-state index contributed by atoms with van der Waals surface area (Å²) in [7, 11) is -1.33. The van der Waals surface area contributed by atoms with E-state index in [0.717, 1.165) is 29.4 Å². The van der Waals surface area contributed by atoms with E-state index in [4.69, 9.17) is 25.5 Å². The Balaban J connectivity index is 1.62. The summed E-state index contributed by atoms with van der Waals surface area (Å²) in [5.41, 5.74) is 0.532. The Hall–Kier alpha value is -3.90. The van der Waals surface area contributed by atoms with Crippen LogP contribution >= 0.6 is 11.6 Å². The monoisotopic (exact) mass is 664 g/mol. The Kier molecular flexibility index (Phi) is 8.86. The molecule has 0 saturated carbocycles. The van der Waals surface area contributed by atoms with Crippen molar-refractivity contribution in [2.75, 3.05) is 38.2 Å². The number of carbonyl (C=O) groups is 1. The largest absolute Gasteiger partial charge is 0.497 e. The third-order valence-corrected chi connectivity index (χ3v) is 11.0. The van der Waals surface area contributed by atoms with Gasteiger partial charge in [0.25, 0.3) is 15.9 Å². The van der Waals surface area contributed by atoms with Gasteiger partial charge in [-0.25, -0.2) is 17.7 Å². The number of benzene rings is 3. The predicted octanol–water partition coefficient (Wildman–Crippen LogP) is 6.00. The van der Waals surface area contributed by atoms with Crippen LogP contribution in [0, 0.1) is 0 Å². The van der Waals surface area contributed by atoms with E-state index in [1.165, 1.54) is 25.5 Å². The van der Waals surface area contributed by atoms with Crippen molar-refractivity contribution in [2.24, 2.45) is 0 Å². The van der Waals surface area contributed by atoms with Gasteiger partial charge in [-0.3, -0.25) is 14.6 Å². The number of carbonyl (C=O) groups excluding carboxylic acids is 1. The number of hydrogen-bond donors (Lipinski definition) is 0. The standard InChI is InChI=1S/C34H37ClN4O6S/c1-5-37(6-2)22-23-9-15-27(31(20-23)44-4)34(38-18-7-8-30(38)32-36-17-19-45-32)28-21-24(35)10-16-29(28)39(33(34)40)46(41,42)26-13-11-25(43-3)12-14-26/h9-17,19-21,30H,5-8,18,22H2,1-4H3. The van der Waals surface area contributed by atoms with E-state index < -0.39 is 27.5 Å². The Labute approximate surface area is 274 Å². The number of nitrogens with zero attached hydrogens (tertiary/aromatic N) is 4. The molecule has 1 saturated heterocycles. The number of ether oxygens (including phenoxy) is 2. The molecule has 2 atom stereocenters. The lowest BCUT2D eigenvalue weighted by Crippen LogP contribution is -2.54. The number of amides is 1. The van der Waals surface area contributed by atoms with E-state index in [1.54, 1.807) is 43.6 Å². The number of sulfonamides is 1. The lowest BCUT2D eigenvalue weighted by atomic mass is 9.80. The summed E-state index contributed by atoms with van der Waals surface area (Å²) >= 11 is 6.65. The van der Waals surface area contributed by atoms with Crippen LogP contribution in [0.5, 0.6) is 11.5 Å². The normalized spacial score (nSPS) is 20.0. The number of oxazole rings is 1. The highest BCUT2D eigenvalue weighted by Crippen LogP contribution is 2.56. The fourth-order valence-corrected chi connectivity index (χ4v) is 8.42. The number of hydrogen-bond acceptors (Lipinski definition) is 9. The summed E-state index contributed by atoms with van der Waals surface area (Å²) < 4.78 is 46.9. The van der Waals surface area contributed by atoms with Crippen LogP contribution in [0.4, 0.5) is 5.69 Å². The molecule has 2 aliphatic rings. The van der Waals surface area contributed by atoms with Crippen molar-refractivity contribution < 1.29 is 27.1 Å². The lowest BCUT2D eigenvalue weighted by molar-refractivity contribution is -0.127. The zero-order valence-electron chi connectivity index (χ0n) is 26.3. The quantitative estimate of drug-likeness (QED) is 0.191. The van der Waals surface area contributed by atoms with Gasteiger partial charge in [0.05, 0.1) is 37.0 Å². The minimum Gasteiger partial charge on any atom is -0.497 e. The van der Waals surface area contributed by atoms with Gasteiger partial charge in [-0.2, -0.15) is 0 Å². The van der Waals surface area contributed by atoms with Crippen LogP contribution in [0.25, 0.3) is 0 Å². The average molecular weight is 665 g/mol. The van der Waals surface area contributed by atoms with Crippen molar-refractivity contribution in [3.8, 4) is 11.5 Å². The molecule has 0 N–H and O–H groups in total. The van der Waals surface area contributed by atoms with E-state index in [1.807, 2.05) is 23.1 Å². The summed E-state index contributed by atoms with van der Waals surface area (Å²) in [6.07, 6.45) is 4.45. The fraction of sp³-hybridized carbons (Fsp3) is 0.353. The second kappa shape index (κ2) is 12.7. The summed E-state index contributed by atoms with van der Waals surface area (Å²) in [4.78, 5) is 24.1. The average Bonchev–Trinajstić information content (AvgIpc) is 3.82. The second-order valence-electron chi connectivity index (χ2n) is 11.3. The minimum absolute atomic E-state index is 0.0504. The van der Waals surface area contributed by atoms with E-state index in [9.17, 15) is 8.42 Å². The van der Waals surface area contributed by atoms with Crippen molar-refractivity contribution in [3.05, 3.63) is 101 Å². The summed E-state index contributed by atoms with van der Waals surface area (Å²) in [5, 5.41) is 0.364. The second-order valence-corrected chi connectivity index (χ2v) is 13.6. The number of methoxy groups -OCH3 is 2. The molecule has 0 radical (unpaired) electrons. The maximum Gasteiger partial charge on any atom is 0.271 e. The highest BCUT2D eigenvalue weighted by molar-refractivity contribution is 7.93. The van der Waals surface area contributed by atoms with Gasteiger partial charge in [0.15, 0.2) is 5.54 Å². The van der Waals surface area contributed by atoms with Gasteiger partial charge in [0.2, 0.25) is 5.89 Å². The van der Waals surface area contributed by atoms with E-state index in [0.29, 0.717) is 53.0 Å². The van der Waals surface area contributed by atoms with Crippen molar-refractivity contribution in [1.29, 1.82) is 0 Å². The highest BCUT2D eigenvalue weighted by Gasteiger charge is 2.62. The first kappa shape index (κ1) is 32.1. The molecular weight excluding hydrogens is 628 g/mol. The molecule has 3 heterocycles. The molecule has 10 nitrogen and oxygen atoms in total. The number of anilines is 1. The van der Waals surface area contributed by atoms with Crippen LogP contribution < -0.4 is 13.8 Å². The van der Waals surface area contributed by atoms with Gasteiger partial charge in [-0.15, -0.1) is 0 Å². The SMILES string of the molecule is CCN(CC)Cc1ccc(C2(N3CCCC3c3ncco3)C(=O)N(S(=O)(=O)c3ccc(OC)cc3)c3ccc(Cl)cc32)c(OC)c1. The Morgan fingerprint density at radius 1 is 1.02 bits per heavy atom. The molecule has 6 rings (SSSR count). The fourth-order valence-electron chi connectivity index (χ4n) is 6.79. The first-order valence-electron chi connectivity index (χ1n) is 15.3. The van der Waals surface area contributed by atoms with E-state index >= 15 is 4.79 Å². The first-order valence-corrected chi connectivity index (χ1v) is 17.1. The lowest BCUT2D eigenvalue weighted by Gasteiger charge is -2.41. The van der Waals surface area contributed by atoms with E-state index in [-0.39, 0.29) is 10.6 Å². The molecule has 12 heteroatoms. The molecule has 0 aliphatic carbocycles. The van der Waals surface area contributed by atoms with Crippen LogP contribution in [0.2, 0.25) is 5.02 Å².